The van der Waals surface area contributed by atoms with Gasteiger partial charge < -0.3 is 14.8 Å². The van der Waals surface area contributed by atoms with E-state index >= 15 is 0 Å². The lowest BCUT2D eigenvalue weighted by Gasteiger charge is -2.23. The number of alkyl halides is 3. The number of rotatable bonds is 3. The molecule has 8 heteroatoms. The molecule has 1 aliphatic heterocycles. The fourth-order valence-electron chi connectivity index (χ4n) is 1.71. The molecular weight excluding hydrogens is 275 g/mol. The molecule has 1 atom stereocenters. The molecule has 0 saturated carbocycles. The van der Waals surface area contributed by atoms with E-state index in [1.807, 2.05) is 0 Å². The summed E-state index contributed by atoms with van der Waals surface area (Å²) < 4.78 is 48.3. The zero-order valence-electron chi connectivity index (χ0n) is 10.4. The molecule has 0 aliphatic carbocycles. The highest BCUT2D eigenvalue weighted by molar-refractivity contribution is 5.52. The first-order valence-corrected chi connectivity index (χ1v) is 5.92. The Morgan fingerprint density at radius 2 is 2.20 bits per heavy atom. The third kappa shape index (κ3) is 3.59. The zero-order valence-corrected chi connectivity index (χ0v) is 10.4. The highest BCUT2D eigenvalue weighted by atomic mass is 19.4. The predicted octanol–water partition coefficient (Wildman–Crippen LogP) is 1.80. The number of nitrogens with zero attached hydrogens (tertiary/aromatic N) is 2. The molecule has 1 saturated heterocycles. The number of halogens is 3. The predicted molar refractivity (Wildman–Crippen MR) is 63.0 cm³/mol. The fraction of sp³-hybridized carbons (Fsp3) is 0.500. The van der Waals surface area contributed by atoms with Gasteiger partial charge in [0.2, 0.25) is 0 Å². The standard InChI is InChI=1S/C12H12F3N3O2/c13-12(14,15)10-2-1-8(5-16)11(18-10)17-6-9-7-19-3-4-20-9/h1-2,9H,3-4,6-7H2,(H,17,18). The molecule has 0 aromatic carbocycles. The van der Waals surface area contributed by atoms with E-state index in [4.69, 9.17) is 14.7 Å². The number of aromatic nitrogens is 1. The molecule has 1 aliphatic rings. The number of nitriles is 1. The molecule has 2 rings (SSSR count). The lowest BCUT2D eigenvalue weighted by atomic mass is 10.2. The smallest absolute Gasteiger partial charge is 0.376 e. The van der Waals surface area contributed by atoms with Gasteiger partial charge in [-0.1, -0.05) is 0 Å². The first-order chi connectivity index (χ1) is 9.50. The van der Waals surface area contributed by atoms with Gasteiger partial charge in [-0.3, -0.25) is 0 Å². The summed E-state index contributed by atoms with van der Waals surface area (Å²) in [6, 6.07) is 3.67. The summed E-state index contributed by atoms with van der Waals surface area (Å²) in [4.78, 5) is 3.44. The van der Waals surface area contributed by atoms with Crippen LogP contribution in [0.5, 0.6) is 0 Å². The van der Waals surface area contributed by atoms with Gasteiger partial charge in [-0.25, -0.2) is 4.98 Å². The van der Waals surface area contributed by atoms with Crippen molar-refractivity contribution in [3.63, 3.8) is 0 Å². The Labute approximate surface area is 113 Å². The monoisotopic (exact) mass is 287 g/mol. The quantitative estimate of drug-likeness (QED) is 0.918. The highest BCUT2D eigenvalue weighted by Crippen LogP contribution is 2.29. The number of nitrogens with one attached hydrogen (secondary N) is 1. The second kappa shape index (κ2) is 6.07. The van der Waals surface area contributed by atoms with Gasteiger partial charge in [-0.2, -0.15) is 18.4 Å². The maximum Gasteiger partial charge on any atom is 0.433 e. The van der Waals surface area contributed by atoms with Crippen LogP contribution in [0.15, 0.2) is 12.1 Å². The van der Waals surface area contributed by atoms with Crippen molar-refractivity contribution in [2.75, 3.05) is 31.7 Å². The highest BCUT2D eigenvalue weighted by Gasteiger charge is 2.33. The van der Waals surface area contributed by atoms with Crippen molar-refractivity contribution in [2.45, 2.75) is 12.3 Å². The van der Waals surface area contributed by atoms with Crippen molar-refractivity contribution in [3.8, 4) is 6.07 Å². The Kier molecular flexibility index (Phi) is 4.42. The van der Waals surface area contributed by atoms with Crippen LogP contribution in [0.1, 0.15) is 11.3 Å². The van der Waals surface area contributed by atoms with E-state index in [1.54, 1.807) is 6.07 Å². The first-order valence-electron chi connectivity index (χ1n) is 5.92. The summed E-state index contributed by atoms with van der Waals surface area (Å²) in [5, 5.41) is 11.6. The van der Waals surface area contributed by atoms with Crippen molar-refractivity contribution < 1.29 is 22.6 Å². The van der Waals surface area contributed by atoms with E-state index in [2.05, 4.69) is 10.3 Å². The zero-order chi connectivity index (χ0) is 14.6. The Balaban J connectivity index is 2.10. The molecule has 108 valence electrons. The number of ether oxygens (including phenoxy) is 2. The molecule has 20 heavy (non-hydrogen) atoms. The molecule has 0 amide bonds. The third-order valence-electron chi connectivity index (χ3n) is 2.69. The Morgan fingerprint density at radius 1 is 1.40 bits per heavy atom. The lowest BCUT2D eigenvalue weighted by Crippen LogP contribution is -2.34. The van der Waals surface area contributed by atoms with Gasteiger partial charge in [0.15, 0.2) is 0 Å². The Bertz CT molecular complexity index is 508. The molecule has 1 unspecified atom stereocenters. The topological polar surface area (TPSA) is 67.2 Å². The summed E-state index contributed by atoms with van der Waals surface area (Å²) in [5.74, 6) is -0.100. The summed E-state index contributed by atoms with van der Waals surface area (Å²) in [6.07, 6.45) is -4.82. The molecule has 1 N–H and O–H groups in total. The van der Waals surface area contributed by atoms with Crippen LogP contribution in [-0.2, 0) is 15.7 Å². The third-order valence-corrected chi connectivity index (χ3v) is 2.69. The Morgan fingerprint density at radius 3 is 2.80 bits per heavy atom. The van der Waals surface area contributed by atoms with Crippen molar-refractivity contribution in [3.05, 3.63) is 23.4 Å². The molecule has 0 spiro atoms. The molecule has 1 fully saturated rings. The lowest BCUT2D eigenvalue weighted by molar-refractivity contribution is -0.141. The van der Waals surface area contributed by atoms with Crippen LogP contribution in [0.25, 0.3) is 0 Å². The fourth-order valence-corrected chi connectivity index (χ4v) is 1.71. The van der Waals surface area contributed by atoms with Crippen molar-refractivity contribution in [2.24, 2.45) is 0 Å². The van der Waals surface area contributed by atoms with Gasteiger partial charge in [0.25, 0.3) is 0 Å². The average molecular weight is 287 g/mol. The summed E-state index contributed by atoms with van der Waals surface area (Å²) in [5.41, 5.74) is -0.991. The van der Waals surface area contributed by atoms with Gasteiger partial charge in [0, 0.05) is 6.54 Å². The molecule has 5 nitrogen and oxygen atoms in total. The molecule has 0 radical (unpaired) electrons. The maximum atomic E-state index is 12.6. The minimum Gasteiger partial charge on any atom is -0.376 e. The first kappa shape index (κ1) is 14.6. The summed E-state index contributed by atoms with van der Waals surface area (Å²) in [7, 11) is 0. The molecule has 2 heterocycles. The van der Waals surface area contributed by atoms with Crippen LogP contribution in [-0.4, -0.2) is 37.5 Å². The van der Waals surface area contributed by atoms with E-state index < -0.39 is 11.9 Å². The normalized spacial score (nSPS) is 19.4. The van der Waals surface area contributed by atoms with Crippen LogP contribution in [0.3, 0.4) is 0 Å². The second-order valence-corrected chi connectivity index (χ2v) is 4.15. The van der Waals surface area contributed by atoms with E-state index in [0.717, 1.165) is 12.1 Å². The van der Waals surface area contributed by atoms with Crippen LogP contribution in [0, 0.1) is 11.3 Å². The van der Waals surface area contributed by atoms with Gasteiger partial charge in [-0.05, 0) is 12.1 Å². The van der Waals surface area contributed by atoms with Crippen LogP contribution in [0.4, 0.5) is 19.0 Å². The van der Waals surface area contributed by atoms with Crippen molar-refractivity contribution in [1.29, 1.82) is 5.26 Å². The van der Waals surface area contributed by atoms with Gasteiger partial charge >= 0.3 is 6.18 Å². The SMILES string of the molecule is N#Cc1ccc(C(F)(F)F)nc1NCC1COCCO1. The average Bonchev–Trinajstić information content (AvgIpc) is 2.45. The van der Waals surface area contributed by atoms with E-state index in [9.17, 15) is 13.2 Å². The van der Waals surface area contributed by atoms with E-state index in [0.29, 0.717) is 19.8 Å². The molecule has 1 aromatic rings. The Hall–Kier alpha value is -1.85. The summed E-state index contributed by atoms with van der Waals surface area (Å²) in [6.45, 7) is 1.52. The van der Waals surface area contributed by atoms with E-state index in [-0.39, 0.29) is 24.0 Å². The second-order valence-electron chi connectivity index (χ2n) is 4.15. The molecular formula is C12H12F3N3O2. The van der Waals surface area contributed by atoms with Crippen molar-refractivity contribution >= 4 is 5.82 Å². The van der Waals surface area contributed by atoms with E-state index in [1.165, 1.54) is 0 Å². The van der Waals surface area contributed by atoms with Crippen molar-refractivity contribution in [1.82, 2.24) is 4.98 Å². The number of anilines is 1. The van der Waals surface area contributed by atoms with Crippen LogP contribution < -0.4 is 5.32 Å². The molecule has 1 aromatic heterocycles. The van der Waals surface area contributed by atoms with Crippen LogP contribution >= 0.6 is 0 Å². The minimum atomic E-state index is -4.55. The number of hydrogen-bond donors (Lipinski definition) is 1. The molecule has 0 bridgehead atoms. The van der Waals surface area contributed by atoms with Gasteiger partial charge in [0.1, 0.15) is 17.6 Å². The van der Waals surface area contributed by atoms with Gasteiger partial charge in [-0.15, -0.1) is 0 Å². The maximum absolute atomic E-state index is 12.6. The largest absolute Gasteiger partial charge is 0.433 e. The number of pyridine rings is 1. The minimum absolute atomic E-state index is 0.0507. The van der Waals surface area contributed by atoms with Crippen LogP contribution in [0.2, 0.25) is 0 Å². The summed E-state index contributed by atoms with van der Waals surface area (Å²) >= 11 is 0. The number of hydrogen-bond acceptors (Lipinski definition) is 5. The van der Waals surface area contributed by atoms with Gasteiger partial charge in [0.05, 0.1) is 31.5 Å².